The van der Waals surface area contributed by atoms with E-state index in [1.54, 1.807) is 6.07 Å². The number of rotatable bonds is 1. The van der Waals surface area contributed by atoms with Crippen molar-refractivity contribution in [2.24, 2.45) is 0 Å². The molecule has 1 heterocycles. The molecule has 0 N–H and O–H groups in total. The molecule has 0 aliphatic rings. The Morgan fingerprint density at radius 2 is 1.87 bits per heavy atom. The quantitative estimate of drug-likeness (QED) is 0.564. The van der Waals surface area contributed by atoms with Crippen LogP contribution in [0, 0.1) is 17.5 Å². The first kappa shape index (κ1) is 10.3. The summed E-state index contributed by atoms with van der Waals surface area (Å²) < 4.78 is 43.7. The van der Waals surface area contributed by atoms with E-state index < -0.39 is 17.5 Å². The van der Waals surface area contributed by atoms with Crippen molar-refractivity contribution in [2.75, 3.05) is 0 Å². The van der Waals surface area contributed by atoms with Crippen LogP contribution in [0.2, 0.25) is 0 Å². The summed E-state index contributed by atoms with van der Waals surface area (Å²) in [5, 5.41) is 0. The van der Waals surface area contributed by atoms with Gasteiger partial charge in [0.25, 0.3) is 0 Å². The first-order chi connectivity index (χ1) is 7.11. The predicted octanol–water partition coefficient (Wildman–Crippen LogP) is 4.13. The lowest BCUT2D eigenvalue weighted by Crippen LogP contribution is -1.94. The van der Waals surface area contributed by atoms with Gasteiger partial charge < -0.3 is 4.42 Å². The highest BCUT2D eigenvalue weighted by Gasteiger charge is 2.18. The zero-order chi connectivity index (χ0) is 11.0. The average molecular weight is 277 g/mol. The van der Waals surface area contributed by atoms with Gasteiger partial charge in [-0.2, -0.15) is 0 Å². The second kappa shape index (κ2) is 3.73. The van der Waals surface area contributed by atoms with Gasteiger partial charge in [0.2, 0.25) is 0 Å². The molecule has 1 aromatic heterocycles. The van der Waals surface area contributed by atoms with Gasteiger partial charge in [0.05, 0.1) is 10.7 Å². The van der Waals surface area contributed by atoms with E-state index in [9.17, 15) is 13.2 Å². The highest BCUT2D eigenvalue weighted by molar-refractivity contribution is 9.10. The second-order valence-corrected chi connectivity index (χ2v) is 3.62. The Morgan fingerprint density at radius 3 is 2.47 bits per heavy atom. The van der Waals surface area contributed by atoms with E-state index in [1.807, 2.05) is 0 Å². The van der Waals surface area contributed by atoms with E-state index in [0.717, 1.165) is 6.07 Å². The molecule has 0 bridgehead atoms. The second-order valence-electron chi connectivity index (χ2n) is 2.83. The first-order valence-electron chi connectivity index (χ1n) is 3.98. The summed E-state index contributed by atoms with van der Waals surface area (Å²) in [6, 6.07) is 3.97. The maximum atomic E-state index is 13.1. The van der Waals surface area contributed by atoms with Crippen molar-refractivity contribution >= 4 is 15.9 Å². The molecule has 0 fully saturated rings. The highest BCUT2D eigenvalue weighted by Crippen LogP contribution is 2.33. The van der Waals surface area contributed by atoms with Crippen molar-refractivity contribution in [3.63, 3.8) is 0 Å². The molecule has 0 spiro atoms. The molecular formula is C10H4BrF3O. The van der Waals surface area contributed by atoms with Crippen molar-refractivity contribution in [1.29, 1.82) is 0 Å². The molecule has 1 aromatic carbocycles. The largest absolute Gasteiger partial charge is 0.464 e. The van der Waals surface area contributed by atoms with Gasteiger partial charge in [0.15, 0.2) is 17.5 Å². The van der Waals surface area contributed by atoms with Crippen LogP contribution < -0.4 is 0 Å². The molecule has 0 aliphatic carbocycles. The summed E-state index contributed by atoms with van der Waals surface area (Å²) >= 11 is 2.84. The Morgan fingerprint density at radius 1 is 1.13 bits per heavy atom. The number of hydrogen-bond donors (Lipinski definition) is 0. The third-order valence-electron chi connectivity index (χ3n) is 1.89. The van der Waals surface area contributed by atoms with E-state index in [-0.39, 0.29) is 15.8 Å². The van der Waals surface area contributed by atoms with Gasteiger partial charge >= 0.3 is 0 Å². The van der Waals surface area contributed by atoms with Crippen LogP contribution in [0.25, 0.3) is 11.3 Å². The first-order valence-corrected chi connectivity index (χ1v) is 4.77. The summed E-state index contributed by atoms with van der Waals surface area (Å²) in [5.74, 6) is -3.75. The Hall–Kier alpha value is -1.23. The Labute approximate surface area is 91.6 Å². The summed E-state index contributed by atoms with van der Waals surface area (Å²) in [5.41, 5.74) is 0.136. The van der Waals surface area contributed by atoms with Gasteiger partial charge in [0.1, 0.15) is 5.76 Å². The van der Waals surface area contributed by atoms with Crippen molar-refractivity contribution in [2.45, 2.75) is 0 Å². The van der Waals surface area contributed by atoms with E-state index in [0.29, 0.717) is 0 Å². The van der Waals surface area contributed by atoms with Crippen LogP contribution in [0.5, 0.6) is 0 Å². The molecule has 0 atom stereocenters. The van der Waals surface area contributed by atoms with Gasteiger partial charge in [-0.05, 0) is 34.1 Å². The van der Waals surface area contributed by atoms with Crippen LogP contribution in [-0.4, -0.2) is 0 Å². The van der Waals surface area contributed by atoms with Crippen LogP contribution >= 0.6 is 15.9 Å². The minimum atomic E-state index is -1.50. The lowest BCUT2D eigenvalue weighted by molar-refractivity contribution is 0.444. The monoisotopic (exact) mass is 276 g/mol. The van der Waals surface area contributed by atoms with E-state index in [2.05, 4.69) is 15.9 Å². The molecule has 15 heavy (non-hydrogen) atoms. The van der Waals surface area contributed by atoms with E-state index >= 15 is 0 Å². The molecular weight excluding hydrogens is 273 g/mol. The number of furan rings is 1. The number of halogens is 4. The van der Waals surface area contributed by atoms with Crippen molar-refractivity contribution in [3.05, 3.63) is 46.4 Å². The van der Waals surface area contributed by atoms with Gasteiger partial charge in [0, 0.05) is 5.56 Å². The Bertz CT molecular complexity index is 494. The standard InChI is InChI=1S/C10H4BrF3O/c11-8-5(7-2-1-3-15-7)4-6(12)9(13)10(8)14/h1-4H. The van der Waals surface area contributed by atoms with E-state index in [4.69, 9.17) is 4.42 Å². The van der Waals surface area contributed by atoms with Crippen molar-refractivity contribution < 1.29 is 17.6 Å². The topological polar surface area (TPSA) is 13.1 Å². The maximum Gasteiger partial charge on any atom is 0.195 e. The summed E-state index contributed by atoms with van der Waals surface area (Å²) in [6.45, 7) is 0. The SMILES string of the molecule is Fc1cc(-c2ccco2)c(Br)c(F)c1F. The van der Waals surface area contributed by atoms with Crippen LogP contribution in [0.3, 0.4) is 0 Å². The summed E-state index contributed by atoms with van der Waals surface area (Å²) in [7, 11) is 0. The zero-order valence-electron chi connectivity index (χ0n) is 7.23. The van der Waals surface area contributed by atoms with Gasteiger partial charge in [-0.15, -0.1) is 0 Å². The van der Waals surface area contributed by atoms with Crippen molar-refractivity contribution in [3.8, 4) is 11.3 Å². The summed E-state index contributed by atoms with van der Waals surface area (Å²) in [6.07, 6.45) is 1.36. The molecule has 0 radical (unpaired) electrons. The smallest absolute Gasteiger partial charge is 0.195 e. The van der Waals surface area contributed by atoms with Gasteiger partial charge in [-0.25, -0.2) is 13.2 Å². The van der Waals surface area contributed by atoms with Gasteiger partial charge in [-0.1, -0.05) is 0 Å². The molecule has 0 amide bonds. The molecule has 5 heteroatoms. The fourth-order valence-electron chi connectivity index (χ4n) is 1.18. The van der Waals surface area contributed by atoms with Crippen molar-refractivity contribution in [1.82, 2.24) is 0 Å². The fraction of sp³-hybridized carbons (Fsp3) is 0. The van der Waals surface area contributed by atoms with Crippen LogP contribution in [0.4, 0.5) is 13.2 Å². The molecule has 0 saturated heterocycles. The minimum absolute atomic E-state index is 0.136. The summed E-state index contributed by atoms with van der Waals surface area (Å²) in [4.78, 5) is 0. The highest BCUT2D eigenvalue weighted by atomic mass is 79.9. The van der Waals surface area contributed by atoms with Crippen LogP contribution in [-0.2, 0) is 0 Å². The van der Waals surface area contributed by atoms with E-state index in [1.165, 1.54) is 12.3 Å². The normalized spacial score (nSPS) is 10.7. The lowest BCUT2D eigenvalue weighted by atomic mass is 10.1. The Kier molecular flexibility index (Phi) is 2.56. The average Bonchev–Trinajstić information content (AvgIpc) is 2.73. The molecule has 0 saturated carbocycles. The third-order valence-corrected chi connectivity index (χ3v) is 2.66. The molecule has 2 aromatic rings. The van der Waals surface area contributed by atoms with Gasteiger partial charge in [-0.3, -0.25) is 0 Å². The van der Waals surface area contributed by atoms with Crippen LogP contribution in [0.1, 0.15) is 0 Å². The predicted molar refractivity (Wildman–Crippen MR) is 51.7 cm³/mol. The zero-order valence-corrected chi connectivity index (χ0v) is 8.82. The number of hydrogen-bond acceptors (Lipinski definition) is 1. The lowest BCUT2D eigenvalue weighted by Gasteiger charge is -2.04. The van der Waals surface area contributed by atoms with Crippen LogP contribution in [0.15, 0.2) is 33.4 Å². The fourth-order valence-corrected chi connectivity index (χ4v) is 1.67. The molecule has 0 unspecified atom stereocenters. The number of benzene rings is 1. The molecule has 2 rings (SSSR count). The minimum Gasteiger partial charge on any atom is -0.464 e. The maximum absolute atomic E-state index is 13.1. The molecule has 0 aliphatic heterocycles. The Balaban J connectivity index is 2.69. The molecule has 78 valence electrons. The third kappa shape index (κ3) is 1.67. The molecule has 1 nitrogen and oxygen atoms in total.